The maximum Gasteiger partial charge on any atom is 0.123 e. The summed E-state index contributed by atoms with van der Waals surface area (Å²) in [6.45, 7) is 8.58. The summed E-state index contributed by atoms with van der Waals surface area (Å²) in [6.07, 6.45) is 1.15. The van der Waals surface area contributed by atoms with Gasteiger partial charge >= 0.3 is 0 Å². The molecular weight excluding hydrogens is 224 g/mol. The standard InChI is InChI=1S/C15H26N2O/c1-5-10-17(12(2)3)11-14(16)13-8-6-7-9-15(13)18-4/h6-9,12,14H,5,10-11,16H2,1-4H3. The molecule has 0 saturated carbocycles. The molecule has 3 nitrogen and oxygen atoms in total. The second kappa shape index (κ2) is 7.39. The predicted molar refractivity (Wildman–Crippen MR) is 76.9 cm³/mol. The fourth-order valence-electron chi connectivity index (χ4n) is 2.17. The summed E-state index contributed by atoms with van der Waals surface area (Å²) in [5.74, 6) is 0.880. The normalized spacial score (nSPS) is 13.1. The first-order chi connectivity index (χ1) is 8.60. The van der Waals surface area contributed by atoms with Crippen molar-refractivity contribution >= 4 is 0 Å². The third-order valence-corrected chi connectivity index (χ3v) is 3.21. The van der Waals surface area contributed by atoms with Gasteiger partial charge in [0.25, 0.3) is 0 Å². The van der Waals surface area contributed by atoms with Crippen LogP contribution in [0.2, 0.25) is 0 Å². The van der Waals surface area contributed by atoms with Gasteiger partial charge in [0.05, 0.1) is 7.11 Å². The molecule has 3 heteroatoms. The maximum absolute atomic E-state index is 6.32. The van der Waals surface area contributed by atoms with Crippen molar-refractivity contribution in [2.45, 2.75) is 39.3 Å². The Morgan fingerprint density at radius 3 is 2.50 bits per heavy atom. The van der Waals surface area contributed by atoms with Gasteiger partial charge in [0.15, 0.2) is 0 Å². The van der Waals surface area contributed by atoms with Crippen LogP contribution in [0.25, 0.3) is 0 Å². The van der Waals surface area contributed by atoms with Gasteiger partial charge in [-0.25, -0.2) is 0 Å². The van der Waals surface area contributed by atoms with Crippen LogP contribution in [0.5, 0.6) is 5.75 Å². The monoisotopic (exact) mass is 250 g/mol. The average molecular weight is 250 g/mol. The Kier molecular flexibility index (Phi) is 6.16. The summed E-state index contributed by atoms with van der Waals surface area (Å²) in [6, 6.07) is 8.52. The van der Waals surface area contributed by atoms with E-state index >= 15 is 0 Å². The molecule has 0 radical (unpaired) electrons. The smallest absolute Gasteiger partial charge is 0.123 e. The second-order valence-electron chi connectivity index (χ2n) is 4.94. The van der Waals surface area contributed by atoms with Gasteiger partial charge in [0.2, 0.25) is 0 Å². The highest BCUT2D eigenvalue weighted by molar-refractivity contribution is 5.35. The molecule has 0 spiro atoms. The Morgan fingerprint density at radius 2 is 1.94 bits per heavy atom. The van der Waals surface area contributed by atoms with Crippen LogP contribution in [-0.4, -0.2) is 31.1 Å². The number of para-hydroxylation sites is 1. The summed E-state index contributed by atoms with van der Waals surface area (Å²) in [7, 11) is 1.69. The fraction of sp³-hybridized carbons (Fsp3) is 0.600. The van der Waals surface area contributed by atoms with Gasteiger partial charge in [-0.2, -0.15) is 0 Å². The number of ether oxygens (including phenoxy) is 1. The number of benzene rings is 1. The Hall–Kier alpha value is -1.06. The van der Waals surface area contributed by atoms with E-state index in [1.165, 1.54) is 0 Å². The average Bonchev–Trinajstić information content (AvgIpc) is 2.37. The van der Waals surface area contributed by atoms with Gasteiger partial charge in [0, 0.05) is 24.2 Å². The first-order valence-electron chi connectivity index (χ1n) is 6.72. The number of rotatable bonds is 7. The van der Waals surface area contributed by atoms with E-state index in [1.54, 1.807) is 7.11 Å². The van der Waals surface area contributed by atoms with Crippen molar-refractivity contribution in [2.75, 3.05) is 20.2 Å². The summed E-state index contributed by atoms with van der Waals surface area (Å²) in [5.41, 5.74) is 7.40. The van der Waals surface area contributed by atoms with Crippen LogP contribution in [0.3, 0.4) is 0 Å². The van der Waals surface area contributed by atoms with Gasteiger partial charge in [-0.3, -0.25) is 4.90 Å². The molecule has 1 unspecified atom stereocenters. The third kappa shape index (κ3) is 4.00. The Labute approximate surface area is 111 Å². The van der Waals surface area contributed by atoms with E-state index in [4.69, 9.17) is 10.5 Å². The zero-order valence-electron chi connectivity index (χ0n) is 12.0. The molecule has 0 aromatic heterocycles. The fourth-order valence-corrected chi connectivity index (χ4v) is 2.17. The molecule has 0 amide bonds. The number of methoxy groups -OCH3 is 1. The Morgan fingerprint density at radius 1 is 1.28 bits per heavy atom. The molecule has 18 heavy (non-hydrogen) atoms. The molecule has 1 rings (SSSR count). The number of hydrogen-bond donors (Lipinski definition) is 1. The predicted octanol–water partition coefficient (Wildman–Crippen LogP) is 2.82. The largest absolute Gasteiger partial charge is 0.496 e. The third-order valence-electron chi connectivity index (χ3n) is 3.21. The minimum atomic E-state index is -0.00454. The molecule has 0 fully saturated rings. The molecule has 0 aliphatic carbocycles. The molecule has 0 heterocycles. The van der Waals surface area contributed by atoms with E-state index in [2.05, 4.69) is 25.7 Å². The van der Waals surface area contributed by atoms with E-state index < -0.39 is 0 Å². The van der Waals surface area contributed by atoms with Crippen LogP contribution in [0.1, 0.15) is 38.8 Å². The Bertz CT molecular complexity index is 352. The van der Waals surface area contributed by atoms with Crippen LogP contribution >= 0.6 is 0 Å². The molecule has 0 bridgehead atoms. The summed E-state index contributed by atoms with van der Waals surface area (Å²) >= 11 is 0. The van der Waals surface area contributed by atoms with Crippen molar-refractivity contribution in [3.8, 4) is 5.75 Å². The highest BCUT2D eigenvalue weighted by atomic mass is 16.5. The highest BCUT2D eigenvalue weighted by Gasteiger charge is 2.16. The lowest BCUT2D eigenvalue weighted by Crippen LogP contribution is -2.37. The van der Waals surface area contributed by atoms with E-state index in [9.17, 15) is 0 Å². The summed E-state index contributed by atoms with van der Waals surface area (Å²) in [4.78, 5) is 2.41. The van der Waals surface area contributed by atoms with Gasteiger partial charge in [-0.1, -0.05) is 25.1 Å². The lowest BCUT2D eigenvalue weighted by Gasteiger charge is -2.29. The maximum atomic E-state index is 6.32. The Balaban J connectivity index is 2.76. The van der Waals surface area contributed by atoms with Crippen molar-refractivity contribution in [1.29, 1.82) is 0 Å². The van der Waals surface area contributed by atoms with Crippen molar-refractivity contribution in [3.05, 3.63) is 29.8 Å². The van der Waals surface area contributed by atoms with Crippen molar-refractivity contribution < 1.29 is 4.74 Å². The second-order valence-corrected chi connectivity index (χ2v) is 4.94. The number of nitrogens with two attached hydrogens (primary N) is 1. The van der Waals surface area contributed by atoms with Gasteiger partial charge in [-0.05, 0) is 32.9 Å². The van der Waals surface area contributed by atoms with Gasteiger partial charge in [0.1, 0.15) is 5.75 Å². The van der Waals surface area contributed by atoms with Crippen LogP contribution in [0.4, 0.5) is 0 Å². The molecule has 102 valence electrons. The van der Waals surface area contributed by atoms with E-state index in [0.29, 0.717) is 6.04 Å². The van der Waals surface area contributed by atoms with E-state index in [-0.39, 0.29) is 6.04 Å². The van der Waals surface area contributed by atoms with Crippen molar-refractivity contribution in [1.82, 2.24) is 4.90 Å². The molecule has 0 aliphatic heterocycles. The highest BCUT2D eigenvalue weighted by Crippen LogP contribution is 2.24. The first-order valence-corrected chi connectivity index (χ1v) is 6.72. The molecule has 1 atom stereocenters. The molecule has 1 aromatic carbocycles. The first kappa shape index (κ1) is 15.0. The lowest BCUT2D eigenvalue weighted by atomic mass is 10.1. The van der Waals surface area contributed by atoms with Gasteiger partial charge in [-0.15, -0.1) is 0 Å². The molecule has 2 N–H and O–H groups in total. The van der Waals surface area contributed by atoms with Crippen molar-refractivity contribution in [2.24, 2.45) is 5.73 Å². The molecular formula is C15H26N2O. The number of hydrogen-bond acceptors (Lipinski definition) is 3. The van der Waals surface area contributed by atoms with Gasteiger partial charge < -0.3 is 10.5 Å². The lowest BCUT2D eigenvalue weighted by molar-refractivity contribution is 0.208. The zero-order valence-corrected chi connectivity index (χ0v) is 12.0. The van der Waals surface area contributed by atoms with E-state index in [0.717, 1.165) is 30.8 Å². The van der Waals surface area contributed by atoms with Crippen LogP contribution < -0.4 is 10.5 Å². The SMILES string of the molecule is CCCN(CC(N)c1ccccc1OC)C(C)C. The van der Waals surface area contributed by atoms with Crippen molar-refractivity contribution in [3.63, 3.8) is 0 Å². The quantitative estimate of drug-likeness (QED) is 0.808. The number of nitrogens with zero attached hydrogens (tertiary/aromatic N) is 1. The topological polar surface area (TPSA) is 38.5 Å². The molecule has 0 saturated heterocycles. The molecule has 0 aliphatic rings. The van der Waals surface area contributed by atoms with Crippen LogP contribution in [0.15, 0.2) is 24.3 Å². The van der Waals surface area contributed by atoms with Crippen LogP contribution in [-0.2, 0) is 0 Å². The summed E-state index contributed by atoms with van der Waals surface area (Å²) in [5, 5.41) is 0. The summed E-state index contributed by atoms with van der Waals surface area (Å²) < 4.78 is 5.37. The zero-order chi connectivity index (χ0) is 13.5. The minimum absolute atomic E-state index is 0.00454. The molecule has 1 aromatic rings. The van der Waals surface area contributed by atoms with Crippen LogP contribution in [0, 0.1) is 0 Å². The minimum Gasteiger partial charge on any atom is -0.496 e. The van der Waals surface area contributed by atoms with E-state index in [1.807, 2.05) is 24.3 Å².